The zero-order valence-corrected chi connectivity index (χ0v) is 13.6. The van der Waals surface area contributed by atoms with Crippen molar-refractivity contribution in [3.05, 3.63) is 22.1 Å². The Bertz CT molecular complexity index is 161. The Balaban J connectivity index is 3.78. The van der Waals surface area contributed by atoms with Gasteiger partial charge in [0.2, 0.25) is 0 Å². The van der Waals surface area contributed by atoms with Gasteiger partial charge in [-0.15, -0.1) is 0 Å². The molecule has 0 nitrogen and oxygen atoms in total. The fraction of sp³-hybridized carbons (Fsp3) is 0.692. The summed E-state index contributed by atoms with van der Waals surface area (Å²) in [4.78, 5) is 0. The molecule has 0 aliphatic heterocycles. The van der Waals surface area contributed by atoms with Crippen LogP contribution in [-0.2, 0) is 0 Å². The third kappa shape index (κ3) is 10.8. The van der Waals surface area contributed by atoms with Crippen molar-refractivity contribution in [1.82, 2.24) is 0 Å². The topological polar surface area (TPSA) is 0 Å². The molecule has 0 amide bonds. The van der Waals surface area contributed by atoms with Gasteiger partial charge in [-0.2, -0.15) is 0 Å². The van der Waals surface area contributed by atoms with Crippen LogP contribution in [0.4, 0.5) is 0 Å². The van der Waals surface area contributed by atoms with E-state index >= 15 is 0 Å². The van der Waals surface area contributed by atoms with E-state index in [1.807, 2.05) is 6.08 Å². The van der Waals surface area contributed by atoms with Crippen molar-refractivity contribution in [3.8, 4) is 0 Å². The maximum atomic E-state index is 3.79. The van der Waals surface area contributed by atoms with Crippen LogP contribution in [0.25, 0.3) is 0 Å². The van der Waals surface area contributed by atoms with E-state index in [2.05, 4.69) is 26.5 Å². The molecular formula is C13H24Se2. The molecular weight excluding hydrogens is 314 g/mol. The molecule has 0 N–H and O–H groups in total. The summed E-state index contributed by atoms with van der Waals surface area (Å²) in [7, 11) is 0. The Labute approximate surface area is 108 Å². The van der Waals surface area contributed by atoms with Gasteiger partial charge in [0.1, 0.15) is 0 Å². The molecule has 0 aliphatic carbocycles. The van der Waals surface area contributed by atoms with E-state index in [1.54, 1.807) is 3.37 Å². The predicted molar refractivity (Wildman–Crippen MR) is 73.8 cm³/mol. The first kappa shape index (κ1) is 15.5. The van der Waals surface area contributed by atoms with Crippen LogP contribution >= 0.6 is 0 Å². The molecule has 0 aromatic heterocycles. The van der Waals surface area contributed by atoms with Crippen LogP contribution in [0.1, 0.15) is 46.0 Å². The molecule has 0 aliphatic rings. The van der Waals surface area contributed by atoms with Gasteiger partial charge < -0.3 is 0 Å². The van der Waals surface area contributed by atoms with Crippen LogP contribution in [0.15, 0.2) is 22.1 Å². The zero-order valence-electron chi connectivity index (χ0n) is 10.1. The molecule has 0 aromatic carbocycles. The van der Waals surface area contributed by atoms with E-state index < -0.39 is 0 Å². The Morgan fingerprint density at radius 3 is 2.00 bits per heavy atom. The number of rotatable bonds is 10. The SMILES string of the molecule is C=CCC=C([Se]CCCC)[Se]CCCC. The van der Waals surface area contributed by atoms with Crippen molar-refractivity contribution in [3.63, 3.8) is 0 Å². The van der Waals surface area contributed by atoms with Crippen molar-refractivity contribution in [1.29, 1.82) is 0 Å². The van der Waals surface area contributed by atoms with Crippen LogP contribution < -0.4 is 0 Å². The van der Waals surface area contributed by atoms with Crippen molar-refractivity contribution in [2.75, 3.05) is 0 Å². The first-order valence-corrected chi connectivity index (χ1v) is 10.0. The average Bonchev–Trinajstić information content (AvgIpc) is 2.25. The fourth-order valence-electron chi connectivity index (χ4n) is 0.973. The van der Waals surface area contributed by atoms with E-state index in [0.717, 1.165) is 36.3 Å². The minimum atomic E-state index is 0.784. The Hall–Kier alpha value is 0.519. The van der Waals surface area contributed by atoms with Gasteiger partial charge in [0.15, 0.2) is 0 Å². The van der Waals surface area contributed by atoms with E-state index in [0.29, 0.717) is 0 Å². The standard InChI is InChI=1S/C13H24Se2/c1-4-7-10-13(14-11-8-5-2)15-12-9-6-3/h4,10H,1,5-9,11-12H2,2-3H3. The van der Waals surface area contributed by atoms with Crippen LogP contribution in [-0.4, -0.2) is 29.9 Å². The van der Waals surface area contributed by atoms with E-state index in [9.17, 15) is 0 Å². The molecule has 88 valence electrons. The van der Waals surface area contributed by atoms with Gasteiger partial charge in [0, 0.05) is 0 Å². The molecule has 2 heteroatoms. The van der Waals surface area contributed by atoms with Gasteiger partial charge in [0.25, 0.3) is 0 Å². The number of hydrogen-bond acceptors (Lipinski definition) is 0. The summed E-state index contributed by atoms with van der Waals surface area (Å²) >= 11 is 1.57. The second kappa shape index (κ2) is 12.6. The van der Waals surface area contributed by atoms with Gasteiger partial charge >= 0.3 is 109 Å². The monoisotopic (exact) mass is 340 g/mol. The summed E-state index contributed by atoms with van der Waals surface area (Å²) in [6.07, 6.45) is 11.1. The second-order valence-corrected chi connectivity index (χ2v) is 9.53. The van der Waals surface area contributed by atoms with Gasteiger partial charge in [0.05, 0.1) is 0 Å². The molecule has 0 radical (unpaired) electrons. The van der Waals surface area contributed by atoms with E-state index in [4.69, 9.17) is 0 Å². The van der Waals surface area contributed by atoms with E-state index in [1.165, 1.54) is 36.3 Å². The van der Waals surface area contributed by atoms with Gasteiger partial charge in [-0.25, -0.2) is 0 Å². The summed E-state index contributed by atoms with van der Waals surface area (Å²) in [6.45, 7) is 8.36. The van der Waals surface area contributed by atoms with Gasteiger partial charge in [-0.05, 0) is 0 Å². The molecule has 0 rings (SSSR count). The van der Waals surface area contributed by atoms with Crippen molar-refractivity contribution >= 4 is 29.9 Å². The number of allylic oxidation sites excluding steroid dienone is 2. The summed E-state index contributed by atoms with van der Waals surface area (Å²) in [5.74, 6) is 0. The Morgan fingerprint density at radius 2 is 1.60 bits per heavy atom. The molecule has 0 heterocycles. The van der Waals surface area contributed by atoms with Crippen molar-refractivity contribution in [2.45, 2.75) is 56.6 Å². The molecule has 0 bridgehead atoms. The Kier molecular flexibility index (Phi) is 13.0. The minimum absolute atomic E-state index is 0.784. The summed E-state index contributed by atoms with van der Waals surface area (Å²) in [5.41, 5.74) is 0. The zero-order chi connectivity index (χ0) is 11.4. The molecule has 0 atom stereocenters. The normalized spacial score (nSPS) is 10.0. The first-order valence-electron chi connectivity index (χ1n) is 5.91. The maximum absolute atomic E-state index is 3.79. The predicted octanol–water partition coefficient (Wildman–Crippen LogP) is 4.25. The molecule has 0 aromatic rings. The molecule has 0 fully saturated rings. The number of unbranched alkanes of at least 4 members (excludes halogenated alkanes) is 2. The summed E-state index contributed by atoms with van der Waals surface area (Å²) < 4.78 is 1.79. The number of hydrogen-bond donors (Lipinski definition) is 0. The fourth-order valence-corrected chi connectivity index (χ4v) is 7.43. The Morgan fingerprint density at radius 1 is 1.07 bits per heavy atom. The van der Waals surface area contributed by atoms with Crippen LogP contribution in [0.5, 0.6) is 0 Å². The van der Waals surface area contributed by atoms with Crippen molar-refractivity contribution < 1.29 is 0 Å². The molecule has 0 saturated heterocycles. The van der Waals surface area contributed by atoms with Crippen LogP contribution in [0, 0.1) is 0 Å². The third-order valence-corrected chi connectivity index (χ3v) is 8.47. The average molecular weight is 338 g/mol. The van der Waals surface area contributed by atoms with Crippen molar-refractivity contribution in [2.24, 2.45) is 0 Å². The molecule has 0 saturated carbocycles. The summed E-state index contributed by atoms with van der Waals surface area (Å²) in [5, 5.41) is 2.89. The van der Waals surface area contributed by atoms with Crippen LogP contribution in [0.2, 0.25) is 10.6 Å². The summed E-state index contributed by atoms with van der Waals surface area (Å²) in [6, 6.07) is 0. The van der Waals surface area contributed by atoms with E-state index in [-0.39, 0.29) is 0 Å². The first-order chi connectivity index (χ1) is 7.35. The second-order valence-electron chi connectivity index (χ2n) is 3.45. The van der Waals surface area contributed by atoms with Gasteiger partial charge in [-0.3, -0.25) is 0 Å². The molecule has 15 heavy (non-hydrogen) atoms. The molecule has 0 spiro atoms. The van der Waals surface area contributed by atoms with Crippen LogP contribution in [0.3, 0.4) is 0 Å². The van der Waals surface area contributed by atoms with Gasteiger partial charge in [-0.1, -0.05) is 0 Å². The molecule has 0 unspecified atom stereocenters. The third-order valence-electron chi connectivity index (χ3n) is 1.94. The quantitative estimate of drug-likeness (QED) is 0.317.